The van der Waals surface area contributed by atoms with Gasteiger partial charge in [-0.15, -0.1) is 0 Å². The molecule has 0 aliphatic heterocycles. The summed E-state index contributed by atoms with van der Waals surface area (Å²) < 4.78 is 5.52. The van der Waals surface area contributed by atoms with Crippen molar-refractivity contribution in [1.82, 2.24) is 0 Å². The molecule has 2 rings (SSSR count). The Bertz CT molecular complexity index is 506. The summed E-state index contributed by atoms with van der Waals surface area (Å²) in [5.74, 6) is 0.864. The standard InChI is InChI=1S/C16H19NO/c1-3-18-15-11-7-10-14(12-15)16(2,17)13-8-5-4-6-9-13/h4-12H,3,17H2,1-2H3. The van der Waals surface area contributed by atoms with Gasteiger partial charge in [-0.2, -0.15) is 0 Å². The van der Waals surface area contributed by atoms with Gasteiger partial charge in [0.2, 0.25) is 0 Å². The Balaban J connectivity index is 2.38. The fraction of sp³-hybridized carbons (Fsp3) is 0.250. The van der Waals surface area contributed by atoms with Crippen molar-refractivity contribution < 1.29 is 4.74 Å². The Labute approximate surface area is 108 Å². The van der Waals surface area contributed by atoms with E-state index in [0.717, 1.165) is 16.9 Å². The fourth-order valence-electron chi connectivity index (χ4n) is 2.03. The van der Waals surface area contributed by atoms with Crippen LogP contribution < -0.4 is 10.5 Å². The predicted octanol–water partition coefficient (Wildman–Crippen LogP) is 3.31. The molecule has 0 aliphatic rings. The lowest BCUT2D eigenvalue weighted by atomic mass is 9.86. The first-order valence-corrected chi connectivity index (χ1v) is 6.22. The summed E-state index contributed by atoms with van der Waals surface area (Å²) in [6, 6.07) is 18.1. The van der Waals surface area contributed by atoms with Crippen LogP contribution in [0.2, 0.25) is 0 Å². The highest BCUT2D eigenvalue weighted by molar-refractivity contribution is 5.40. The molecular formula is C16H19NO. The van der Waals surface area contributed by atoms with E-state index in [1.807, 2.05) is 68.4 Å². The molecule has 0 aromatic heterocycles. The Morgan fingerprint density at radius 3 is 2.33 bits per heavy atom. The van der Waals surface area contributed by atoms with Gasteiger partial charge in [0.1, 0.15) is 5.75 Å². The van der Waals surface area contributed by atoms with Crippen molar-refractivity contribution in [3.8, 4) is 5.75 Å². The molecule has 2 N–H and O–H groups in total. The first-order valence-electron chi connectivity index (χ1n) is 6.22. The summed E-state index contributed by atoms with van der Waals surface area (Å²) in [7, 11) is 0. The van der Waals surface area contributed by atoms with Gasteiger partial charge < -0.3 is 10.5 Å². The fourth-order valence-corrected chi connectivity index (χ4v) is 2.03. The lowest BCUT2D eigenvalue weighted by Crippen LogP contribution is -2.34. The van der Waals surface area contributed by atoms with Crippen LogP contribution in [-0.2, 0) is 5.54 Å². The van der Waals surface area contributed by atoms with E-state index in [0.29, 0.717) is 6.61 Å². The SMILES string of the molecule is CCOc1cccc(C(C)(N)c2ccccc2)c1. The first kappa shape index (κ1) is 12.7. The number of ether oxygens (including phenoxy) is 1. The third-order valence-corrected chi connectivity index (χ3v) is 3.12. The molecule has 0 heterocycles. The quantitative estimate of drug-likeness (QED) is 0.891. The number of benzene rings is 2. The van der Waals surface area contributed by atoms with Crippen LogP contribution in [0, 0.1) is 0 Å². The summed E-state index contributed by atoms with van der Waals surface area (Å²) in [6.07, 6.45) is 0. The van der Waals surface area contributed by atoms with Gasteiger partial charge in [-0.05, 0) is 37.1 Å². The molecule has 0 bridgehead atoms. The third kappa shape index (κ3) is 2.54. The highest BCUT2D eigenvalue weighted by atomic mass is 16.5. The lowest BCUT2D eigenvalue weighted by molar-refractivity contribution is 0.339. The van der Waals surface area contributed by atoms with E-state index in [-0.39, 0.29) is 0 Å². The van der Waals surface area contributed by atoms with E-state index in [9.17, 15) is 0 Å². The maximum absolute atomic E-state index is 6.47. The topological polar surface area (TPSA) is 35.2 Å². The molecule has 94 valence electrons. The smallest absolute Gasteiger partial charge is 0.119 e. The van der Waals surface area contributed by atoms with Gasteiger partial charge in [-0.25, -0.2) is 0 Å². The molecule has 0 saturated carbocycles. The molecule has 1 atom stereocenters. The third-order valence-electron chi connectivity index (χ3n) is 3.12. The second-order valence-corrected chi connectivity index (χ2v) is 4.53. The number of rotatable bonds is 4. The maximum Gasteiger partial charge on any atom is 0.119 e. The molecule has 2 aromatic rings. The summed E-state index contributed by atoms with van der Waals surface area (Å²) >= 11 is 0. The Hall–Kier alpha value is -1.80. The second-order valence-electron chi connectivity index (χ2n) is 4.53. The molecule has 0 aliphatic carbocycles. The number of nitrogens with two attached hydrogens (primary N) is 1. The summed E-state index contributed by atoms with van der Waals surface area (Å²) in [5, 5.41) is 0. The first-order chi connectivity index (χ1) is 8.64. The van der Waals surface area contributed by atoms with E-state index < -0.39 is 5.54 Å². The molecule has 0 saturated heterocycles. The van der Waals surface area contributed by atoms with Crippen LogP contribution in [0.4, 0.5) is 0 Å². The van der Waals surface area contributed by atoms with Crippen molar-refractivity contribution in [2.75, 3.05) is 6.61 Å². The van der Waals surface area contributed by atoms with Gasteiger partial charge in [0.15, 0.2) is 0 Å². The van der Waals surface area contributed by atoms with Crippen LogP contribution in [0.25, 0.3) is 0 Å². The molecule has 0 radical (unpaired) electrons. The maximum atomic E-state index is 6.47. The highest BCUT2D eigenvalue weighted by Gasteiger charge is 2.23. The normalized spacial score (nSPS) is 13.9. The van der Waals surface area contributed by atoms with Crippen LogP contribution in [0.1, 0.15) is 25.0 Å². The van der Waals surface area contributed by atoms with E-state index in [2.05, 4.69) is 0 Å². The van der Waals surface area contributed by atoms with E-state index in [1.54, 1.807) is 0 Å². The van der Waals surface area contributed by atoms with Crippen LogP contribution >= 0.6 is 0 Å². The van der Waals surface area contributed by atoms with Gasteiger partial charge in [0.05, 0.1) is 12.1 Å². The summed E-state index contributed by atoms with van der Waals surface area (Å²) in [4.78, 5) is 0. The minimum Gasteiger partial charge on any atom is -0.494 e. The van der Waals surface area contributed by atoms with Crippen LogP contribution in [0.5, 0.6) is 5.75 Å². The average molecular weight is 241 g/mol. The molecule has 18 heavy (non-hydrogen) atoms. The van der Waals surface area contributed by atoms with Crippen molar-refractivity contribution in [3.05, 3.63) is 65.7 Å². The Morgan fingerprint density at radius 2 is 1.67 bits per heavy atom. The van der Waals surface area contributed by atoms with E-state index in [1.165, 1.54) is 0 Å². The van der Waals surface area contributed by atoms with Crippen molar-refractivity contribution in [3.63, 3.8) is 0 Å². The Morgan fingerprint density at radius 1 is 1.00 bits per heavy atom. The van der Waals surface area contributed by atoms with Crippen molar-refractivity contribution in [2.45, 2.75) is 19.4 Å². The van der Waals surface area contributed by atoms with Crippen molar-refractivity contribution >= 4 is 0 Å². The molecule has 1 unspecified atom stereocenters. The molecule has 0 amide bonds. The lowest BCUT2D eigenvalue weighted by Gasteiger charge is -2.26. The summed E-state index contributed by atoms with van der Waals surface area (Å²) in [6.45, 7) is 4.66. The minimum absolute atomic E-state index is 0.506. The largest absolute Gasteiger partial charge is 0.494 e. The average Bonchev–Trinajstić information content (AvgIpc) is 2.40. The molecule has 2 aromatic carbocycles. The predicted molar refractivity (Wildman–Crippen MR) is 74.7 cm³/mol. The zero-order chi connectivity index (χ0) is 13.0. The van der Waals surface area contributed by atoms with E-state index >= 15 is 0 Å². The van der Waals surface area contributed by atoms with Gasteiger partial charge in [0, 0.05) is 0 Å². The van der Waals surface area contributed by atoms with Crippen LogP contribution in [0.15, 0.2) is 54.6 Å². The molecule has 0 spiro atoms. The van der Waals surface area contributed by atoms with Gasteiger partial charge >= 0.3 is 0 Å². The second kappa shape index (κ2) is 5.23. The number of hydrogen-bond donors (Lipinski definition) is 1. The molecule has 2 heteroatoms. The molecule has 0 fully saturated rings. The van der Waals surface area contributed by atoms with Crippen molar-refractivity contribution in [2.24, 2.45) is 5.73 Å². The summed E-state index contributed by atoms with van der Waals surface area (Å²) in [5.41, 5.74) is 8.11. The number of hydrogen-bond acceptors (Lipinski definition) is 2. The molecule has 2 nitrogen and oxygen atoms in total. The van der Waals surface area contributed by atoms with Gasteiger partial charge in [0.25, 0.3) is 0 Å². The van der Waals surface area contributed by atoms with Crippen molar-refractivity contribution in [1.29, 1.82) is 0 Å². The Kier molecular flexibility index (Phi) is 3.68. The monoisotopic (exact) mass is 241 g/mol. The highest BCUT2D eigenvalue weighted by Crippen LogP contribution is 2.28. The van der Waals surface area contributed by atoms with Gasteiger partial charge in [-0.1, -0.05) is 42.5 Å². The zero-order valence-electron chi connectivity index (χ0n) is 10.9. The van der Waals surface area contributed by atoms with E-state index in [4.69, 9.17) is 10.5 Å². The molecular weight excluding hydrogens is 222 g/mol. The van der Waals surface area contributed by atoms with Crippen LogP contribution in [0.3, 0.4) is 0 Å². The minimum atomic E-state index is -0.506. The zero-order valence-corrected chi connectivity index (χ0v) is 10.9. The van der Waals surface area contributed by atoms with Crippen LogP contribution in [-0.4, -0.2) is 6.61 Å². The van der Waals surface area contributed by atoms with Gasteiger partial charge in [-0.3, -0.25) is 0 Å².